The van der Waals surface area contributed by atoms with Gasteiger partial charge in [-0.25, -0.2) is 4.79 Å². The van der Waals surface area contributed by atoms with Gasteiger partial charge in [0.2, 0.25) is 0 Å². The lowest BCUT2D eigenvalue weighted by atomic mass is 9.92. The molecule has 78 valence electrons. The number of rotatable bonds is 3. The molecule has 0 saturated carbocycles. The molecule has 0 fully saturated rings. The van der Waals surface area contributed by atoms with Crippen molar-refractivity contribution in [3.63, 3.8) is 0 Å². The third-order valence-electron chi connectivity index (χ3n) is 1.97. The molecule has 0 spiro atoms. The molecular weight excluding hydrogens is 195 g/mol. The Morgan fingerprint density at radius 3 is 1.93 bits per heavy atom. The molecule has 0 N–H and O–H groups in total. The summed E-state index contributed by atoms with van der Waals surface area (Å²) in [6.07, 6.45) is 0. The average molecular weight is 206 g/mol. The minimum Gasteiger partial charge on any atom is -0.497 e. The summed E-state index contributed by atoms with van der Waals surface area (Å²) in [4.78, 5) is 11.3. The van der Waals surface area contributed by atoms with Crippen LogP contribution < -0.4 is 14.9 Å². The number of carbonyl (C=O) groups excluding carboxylic acids is 1. The van der Waals surface area contributed by atoms with Gasteiger partial charge in [0.25, 0.3) is 0 Å². The first-order valence-corrected chi connectivity index (χ1v) is 4.23. The lowest BCUT2D eigenvalue weighted by Crippen LogP contribution is -2.13. The van der Waals surface area contributed by atoms with Gasteiger partial charge in [-0.15, -0.1) is 0 Å². The molecule has 0 heterocycles. The molecule has 0 aliphatic rings. The van der Waals surface area contributed by atoms with Crippen LogP contribution in [0.4, 0.5) is 0 Å². The minimum absolute atomic E-state index is 0.334. The summed E-state index contributed by atoms with van der Waals surface area (Å²) < 4.78 is 14.6. The fourth-order valence-corrected chi connectivity index (χ4v) is 1.17. The fourth-order valence-electron chi connectivity index (χ4n) is 1.17. The number of methoxy groups -OCH3 is 3. The van der Waals surface area contributed by atoms with E-state index in [9.17, 15) is 4.79 Å². The second-order valence-corrected chi connectivity index (χ2v) is 2.79. The van der Waals surface area contributed by atoms with Crippen LogP contribution in [-0.4, -0.2) is 35.1 Å². The molecule has 0 aromatic heterocycles. The van der Waals surface area contributed by atoms with Gasteiger partial charge < -0.3 is 14.2 Å². The standard InChI is InChI=1S/C10H11BO4/c1-13-7-4-6(10(12)15-3)5-8(14-2)9(7)11/h4-5H,1-3H3. The summed E-state index contributed by atoms with van der Waals surface area (Å²) in [5, 5.41) is 0. The predicted molar refractivity (Wildman–Crippen MR) is 56.3 cm³/mol. The molecule has 5 heteroatoms. The molecule has 0 bridgehead atoms. The Labute approximate surface area is 89.5 Å². The maximum atomic E-state index is 11.3. The van der Waals surface area contributed by atoms with E-state index < -0.39 is 5.97 Å². The predicted octanol–water partition coefficient (Wildman–Crippen LogP) is 0.284. The first-order valence-electron chi connectivity index (χ1n) is 4.23. The zero-order chi connectivity index (χ0) is 11.4. The molecule has 0 atom stereocenters. The third-order valence-corrected chi connectivity index (χ3v) is 1.97. The van der Waals surface area contributed by atoms with Crippen molar-refractivity contribution in [1.29, 1.82) is 0 Å². The van der Waals surface area contributed by atoms with Gasteiger partial charge >= 0.3 is 5.97 Å². The van der Waals surface area contributed by atoms with E-state index in [2.05, 4.69) is 4.74 Å². The van der Waals surface area contributed by atoms with Crippen LogP contribution in [0.1, 0.15) is 10.4 Å². The quantitative estimate of drug-likeness (QED) is 0.526. The first kappa shape index (κ1) is 11.4. The molecule has 1 rings (SSSR count). The van der Waals surface area contributed by atoms with E-state index in [1.54, 1.807) is 0 Å². The van der Waals surface area contributed by atoms with Gasteiger partial charge in [0.05, 0.1) is 26.9 Å². The van der Waals surface area contributed by atoms with Crippen LogP contribution in [0.25, 0.3) is 0 Å². The molecule has 1 aromatic rings. The van der Waals surface area contributed by atoms with Crippen LogP contribution in [0.15, 0.2) is 12.1 Å². The maximum absolute atomic E-state index is 11.3. The monoisotopic (exact) mass is 206 g/mol. The molecule has 0 aliphatic heterocycles. The molecule has 0 unspecified atom stereocenters. The number of esters is 1. The van der Waals surface area contributed by atoms with Crippen molar-refractivity contribution >= 4 is 19.3 Å². The van der Waals surface area contributed by atoms with Crippen molar-refractivity contribution in [2.45, 2.75) is 0 Å². The summed E-state index contributed by atoms with van der Waals surface area (Å²) in [5.41, 5.74) is 0.688. The van der Waals surface area contributed by atoms with Gasteiger partial charge in [-0.1, -0.05) is 0 Å². The highest BCUT2D eigenvalue weighted by Gasteiger charge is 2.12. The number of hydrogen-bond acceptors (Lipinski definition) is 4. The largest absolute Gasteiger partial charge is 0.497 e. The Balaban J connectivity index is 3.26. The Kier molecular flexibility index (Phi) is 3.60. The van der Waals surface area contributed by atoms with E-state index >= 15 is 0 Å². The average Bonchev–Trinajstić information content (AvgIpc) is 2.28. The van der Waals surface area contributed by atoms with Gasteiger partial charge in [0.1, 0.15) is 19.3 Å². The van der Waals surface area contributed by atoms with E-state index in [-0.39, 0.29) is 0 Å². The maximum Gasteiger partial charge on any atom is 0.338 e. The zero-order valence-corrected chi connectivity index (χ0v) is 8.87. The molecule has 0 saturated heterocycles. The topological polar surface area (TPSA) is 44.8 Å². The highest BCUT2D eigenvalue weighted by molar-refractivity contribution is 6.36. The summed E-state index contributed by atoms with van der Waals surface area (Å²) >= 11 is 0. The smallest absolute Gasteiger partial charge is 0.338 e. The molecule has 2 radical (unpaired) electrons. The zero-order valence-electron chi connectivity index (χ0n) is 8.87. The Hall–Kier alpha value is -1.65. The lowest BCUT2D eigenvalue weighted by Gasteiger charge is -2.11. The van der Waals surface area contributed by atoms with Gasteiger partial charge in [0, 0.05) is 0 Å². The van der Waals surface area contributed by atoms with Gasteiger partial charge in [-0.2, -0.15) is 0 Å². The van der Waals surface area contributed by atoms with Crippen molar-refractivity contribution in [2.75, 3.05) is 21.3 Å². The Morgan fingerprint density at radius 2 is 1.60 bits per heavy atom. The van der Waals surface area contributed by atoms with Crippen LogP contribution in [0.2, 0.25) is 0 Å². The van der Waals surface area contributed by atoms with Gasteiger partial charge in [0.15, 0.2) is 0 Å². The molecule has 0 aliphatic carbocycles. The van der Waals surface area contributed by atoms with Gasteiger partial charge in [-0.05, 0) is 17.6 Å². The summed E-state index contributed by atoms with van der Waals surface area (Å²) in [6, 6.07) is 3.01. The second kappa shape index (κ2) is 4.73. The molecular formula is C10H11BO4. The van der Waals surface area contributed by atoms with Crippen LogP contribution in [0, 0.1) is 0 Å². The Bertz CT molecular complexity index is 351. The SMILES string of the molecule is [B]c1c(OC)cc(C(=O)OC)cc1OC. The fraction of sp³-hybridized carbons (Fsp3) is 0.300. The van der Waals surface area contributed by atoms with Crippen molar-refractivity contribution in [2.24, 2.45) is 0 Å². The number of benzene rings is 1. The molecule has 0 amide bonds. The van der Waals surface area contributed by atoms with E-state index in [1.807, 2.05) is 0 Å². The van der Waals surface area contributed by atoms with Crippen LogP contribution in [0.5, 0.6) is 11.5 Å². The van der Waals surface area contributed by atoms with Crippen LogP contribution in [-0.2, 0) is 4.74 Å². The highest BCUT2D eigenvalue weighted by atomic mass is 16.5. The summed E-state index contributed by atoms with van der Waals surface area (Å²) in [6.45, 7) is 0. The van der Waals surface area contributed by atoms with Crippen molar-refractivity contribution in [1.82, 2.24) is 0 Å². The van der Waals surface area contributed by atoms with E-state index in [0.717, 1.165) is 0 Å². The number of carbonyl (C=O) groups is 1. The highest BCUT2D eigenvalue weighted by Crippen LogP contribution is 2.19. The lowest BCUT2D eigenvalue weighted by molar-refractivity contribution is 0.0600. The third kappa shape index (κ3) is 2.23. The number of hydrogen-bond donors (Lipinski definition) is 0. The summed E-state index contributed by atoms with van der Waals surface area (Å²) in [7, 11) is 9.94. The normalized spacial score (nSPS) is 9.53. The van der Waals surface area contributed by atoms with Crippen molar-refractivity contribution < 1.29 is 19.0 Å². The summed E-state index contributed by atoms with van der Waals surface area (Å²) in [5.74, 6) is 0.302. The molecule has 15 heavy (non-hydrogen) atoms. The van der Waals surface area contributed by atoms with Crippen LogP contribution in [0.3, 0.4) is 0 Å². The Morgan fingerprint density at radius 1 is 1.13 bits per heavy atom. The minimum atomic E-state index is -0.466. The van der Waals surface area contributed by atoms with E-state index in [0.29, 0.717) is 22.5 Å². The molecule has 1 aromatic carbocycles. The van der Waals surface area contributed by atoms with E-state index in [4.69, 9.17) is 17.3 Å². The van der Waals surface area contributed by atoms with Crippen molar-refractivity contribution in [3.8, 4) is 11.5 Å². The first-order chi connectivity index (χ1) is 7.13. The van der Waals surface area contributed by atoms with Crippen LogP contribution >= 0.6 is 0 Å². The second-order valence-electron chi connectivity index (χ2n) is 2.79. The van der Waals surface area contributed by atoms with Gasteiger partial charge in [-0.3, -0.25) is 0 Å². The number of ether oxygens (including phenoxy) is 3. The molecule has 4 nitrogen and oxygen atoms in total. The van der Waals surface area contributed by atoms with Crippen molar-refractivity contribution in [3.05, 3.63) is 17.7 Å². The van der Waals surface area contributed by atoms with E-state index in [1.165, 1.54) is 33.5 Å².